The van der Waals surface area contributed by atoms with E-state index in [9.17, 15) is 14.7 Å². The highest BCUT2D eigenvalue weighted by Gasteiger charge is 2.58. The summed E-state index contributed by atoms with van der Waals surface area (Å²) in [6, 6.07) is 0. The third-order valence-electron chi connectivity index (χ3n) is 9.88. The molecule has 3 nitrogen and oxygen atoms in total. The third kappa shape index (κ3) is 4.43. The molecule has 0 spiro atoms. The number of hydrogen-bond donors (Lipinski definition) is 1. The minimum absolute atomic E-state index is 0.238. The molecule has 0 bridgehead atoms. The predicted octanol–water partition coefficient (Wildman–Crippen LogP) is 6.22. The van der Waals surface area contributed by atoms with Crippen molar-refractivity contribution in [1.82, 2.24) is 0 Å². The number of aldehydes is 1. The Morgan fingerprint density at radius 2 is 1.77 bits per heavy atom. The quantitative estimate of drug-likeness (QED) is 0.476. The summed E-state index contributed by atoms with van der Waals surface area (Å²) < 4.78 is 0. The zero-order chi connectivity index (χ0) is 22.1. The van der Waals surface area contributed by atoms with Gasteiger partial charge in [-0.3, -0.25) is 4.79 Å². The zero-order valence-corrected chi connectivity index (χ0v) is 20.2. The van der Waals surface area contributed by atoms with Crippen LogP contribution < -0.4 is 0 Å². The van der Waals surface area contributed by atoms with Crippen LogP contribution in [0.5, 0.6) is 0 Å². The summed E-state index contributed by atoms with van der Waals surface area (Å²) in [4.78, 5) is 24.8. The van der Waals surface area contributed by atoms with Crippen molar-refractivity contribution < 1.29 is 14.7 Å². The number of ketones is 1. The summed E-state index contributed by atoms with van der Waals surface area (Å²) >= 11 is 0. The van der Waals surface area contributed by atoms with Crippen LogP contribution in [-0.4, -0.2) is 23.3 Å². The fourth-order valence-electron chi connectivity index (χ4n) is 8.09. The van der Waals surface area contributed by atoms with E-state index < -0.39 is 6.10 Å². The summed E-state index contributed by atoms with van der Waals surface area (Å²) in [6.45, 7) is 11.8. The lowest BCUT2D eigenvalue weighted by atomic mass is 9.49. The molecule has 0 amide bonds. The van der Waals surface area contributed by atoms with Crippen molar-refractivity contribution in [2.75, 3.05) is 0 Å². The Morgan fingerprint density at radius 1 is 1.03 bits per heavy atom. The number of hydrogen-bond acceptors (Lipinski definition) is 3. The predicted molar refractivity (Wildman–Crippen MR) is 122 cm³/mol. The van der Waals surface area contributed by atoms with Gasteiger partial charge >= 0.3 is 0 Å². The van der Waals surface area contributed by atoms with Crippen LogP contribution in [0.3, 0.4) is 0 Å². The van der Waals surface area contributed by atoms with Crippen LogP contribution >= 0.6 is 0 Å². The van der Waals surface area contributed by atoms with Crippen LogP contribution in [0.15, 0.2) is 0 Å². The summed E-state index contributed by atoms with van der Waals surface area (Å²) in [6.07, 6.45) is 11.8. The van der Waals surface area contributed by atoms with Gasteiger partial charge in [-0.25, -0.2) is 0 Å². The first-order valence-corrected chi connectivity index (χ1v) is 12.8. The molecule has 0 heterocycles. The van der Waals surface area contributed by atoms with E-state index in [1.165, 1.54) is 38.5 Å². The van der Waals surface area contributed by atoms with Gasteiger partial charge in [-0.2, -0.15) is 0 Å². The molecule has 0 saturated heterocycles. The van der Waals surface area contributed by atoms with Crippen LogP contribution in [0.2, 0.25) is 0 Å². The van der Waals surface area contributed by atoms with Crippen LogP contribution in [0, 0.1) is 46.3 Å². The van der Waals surface area contributed by atoms with Crippen LogP contribution in [0.1, 0.15) is 105 Å². The normalized spacial score (nSPS) is 42.9. The Morgan fingerprint density at radius 3 is 2.40 bits per heavy atom. The molecule has 8 atom stereocenters. The van der Waals surface area contributed by atoms with Crippen molar-refractivity contribution in [3.63, 3.8) is 0 Å². The van der Waals surface area contributed by atoms with Gasteiger partial charge in [0.15, 0.2) is 0 Å². The Labute approximate surface area is 184 Å². The monoisotopic (exact) mass is 418 g/mol. The first-order valence-electron chi connectivity index (χ1n) is 12.8. The molecular weight excluding hydrogens is 372 g/mol. The molecule has 30 heavy (non-hydrogen) atoms. The highest BCUT2D eigenvalue weighted by Crippen LogP contribution is 2.64. The van der Waals surface area contributed by atoms with Crippen molar-refractivity contribution in [1.29, 1.82) is 0 Å². The smallest absolute Gasteiger partial charge is 0.141 e. The SMILES string of the molecule is CC(C)CCC[C@@H](C)[C@H]1CCC2C(CC=O)C([C@@]3(C)CC[C@H](O)CC3=O)CC[C@@]21C. The van der Waals surface area contributed by atoms with Gasteiger partial charge in [-0.15, -0.1) is 0 Å². The molecule has 3 rings (SSSR count). The number of aliphatic hydroxyl groups is 1. The molecule has 172 valence electrons. The van der Waals surface area contributed by atoms with Gasteiger partial charge in [-0.1, -0.05) is 53.9 Å². The Kier molecular flexibility index (Phi) is 7.53. The van der Waals surface area contributed by atoms with E-state index in [1.54, 1.807) is 0 Å². The molecule has 0 radical (unpaired) electrons. The Hall–Kier alpha value is -0.700. The van der Waals surface area contributed by atoms with E-state index in [1.807, 2.05) is 0 Å². The standard InChI is InChI=1S/C27H46O3/c1-18(2)7-6-8-19(3)22-9-10-23-21(13-16-28)24(12-15-26(22,23)4)27(5)14-11-20(29)17-25(27)30/h16,18-24,29H,6-15,17H2,1-5H3/t19-,20+,21?,22-,23?,24?,26-,27-/m1/s1. The van der Waals surface area contributed by atoms with E-state index in [0.29, 0.717) is 36.0 Å². The summed E-state index contributed by atoms with van der Waals surface area (Å²) in [5, 5.41) is 9.99. The Balaban J connectivity index is 1.77. The van der Waals surface area contributed by atoms with Crippen molar-refractivity contribution in [3.8, 4) is 0 Å². The molecule has 0 aromatic carbocycles. The lowest BCUT2D eigenvalue weighted by Crippen LogP contribution is -2.51. The minimum Gasteiger partial charge on any atom is -0.393 e. The third-order valence-corrected chi connectivity index (χ3v) is 9.88. The lowest BCUT2D eigenvalue weighted by molar-refractivity contribution is -0.146. The number of fused-ring (bicyclic) bond motifs is 1. The zero-order valence-electron chi connectivity index (χ0n) is 20.2. The molecule has 3 fully saturated rings. The summed E-state index contributed by atoms with van der Waals surface area (Å²) in [5.41, 5.74) is -0.0375. The Bertz CT molecular complexity index is 613. The largest absolute Gasteiger partial charge is 0.393 e. The first kappa shape index (κ1) is 24.0. The number of Topliss-reactive ketones (excluding diaryl/α,β-unsaturated/α-hetero) is 1. The highest BCUT2D eigenvalue weighted by atomic mass is 16.3. The van der Waals surface area contributed by atoms with Gasteiger partial charge < -0.3 is 9.90 Å². The van der Waals surface area contributed by atoms with Crippen molar-refractivity contribution in [2.24, 2.45) is 46.3 Å². The van der Waals surface area contributed by atoms with Gasteiger partial charge in [-0.05, 0) is 79.4 Å². The van der Waals surface area contributed by atoms with Gasteiger partial charge in [0.2, 0.25) is 0 Å². The summed E-state index contributed by atoms with van der Waals surface area (Å²) in [7, 11) is 0. The number of carbonyl (C=O) groups is 2. The highest BCUT2D eigenvalue weighted by molar-refractivity contribution is 5.86. The molecule has 3 aliphatic rings. The van der Waals surface area contributed by atoms with Gasteiger partial charge in [0.05, 0.1) is 6.10 Å². The maximum atomic E-state index is 13.0. The van der Waals surface area contributed by atoms with E-state index in [2.05, 4.69) is 34.6 Å². The van der Waals surface area contributed by atoms with Gasteiger partial charge in [0.1, 0.15) is 12.1 Å². The molecule has 1 N–H and O–H groups in total. The average Bonchev–Trinajstić information content (AvgIpc) is 3.02. The van der Waals surface area contributed by atoms with E-state index in [-0.39, 0.29) is 11.2 Å². The maximum absolute atomic E-state index is 13.0. The number of carbonyl (C=O) groups excluding carboxylic acids is 2. The molecule has 0 aromatic rings. The fraction of sp³-hybridized carbons (Fsp3) is 0.926. The van der Waals surface area contributed by atoms with Crippen molar-refractivity contribution in [3.05, 3.63) is 0 Å². The second-order valence-corrected chi connectivity index (χ2v) is 12.0. The number of aliphatic hydroxyl groups excluding tert-OH is 1. The van der Waals surface area contributed by atoms with Gasteiger partial charge in [0.25, 0.3) is 0 Å². The molecule has 3 saturated carbocycles. The molecular formula is C27H46O3. The van der Waals surface area contributed by atoms with Crippen LogP contribution in [-0.2, 0) is 9.59 Å². The summed E-state index contributed by atoms with van der Waals surface area (Å²) in [5.74, 6) is 3.71. The molecule has 3 unspecified atom stereocenters. The second-order valence-electron chi connectivity index (χ2n) is 12.0. The molecule has 3 heteroatoms. The molecule has 3 aliphatic carbocycles. The molecule has 0 aromatic heterocycles. The average molecular weight is 419 g/mol. The second kappa shape index (κ2) is 9.43. The maximum Gasteiger partial charge on any atom is 0.141 e. The van der Waals surface area contributed by atoms with Gasteiger partial charge in [0, 0.05) is 18.3 Å². The van der Waals surface area contributed by atoms with Crippen LogP contribution in [0.4, 0.5) is 0 Å². The van der Waals surface area contributed by atoms with E-state index in [0.717, 1.165) is 43.3 Å². The number of rotatable bonds is 8. The first-order chi connectivity index (χ1) is 14.1. The topological polar surface area (TPSA) is 54.4 Å². The van der Waals surface area contributed by atoms with E-state index in [4.69, 9.17) is 0 Å². The van der Waals surface area contributed by atoms with E-state index >= 15 is 0 Å². The van der Waals surface area contributed by atoms with Crippen molar-refractivity contribution >= 4 is 12.1 Å². The fourth-order valence-corrected chi connectivity index (χ4v) is 8.09. The van der Waals surface area contributed by atoms with Crippen LogP contribution in [0.25, 0.3) is 0 Å². The molecule has 0 aliphatic heterocycles. The van der Waals surface area contributed by atoms with Crippen molar-refractivity contribution in [2.45, 2.75) is 111 Å². The lowest BCUT2D eigenvalue weighted by Gasteiger charge is -2.54. The minimum atomic E-state index is -0.466.